The van der Waals surface area contributed by atoms with Crippen LogP contribution < -0.4 is 5.32 Å². The van der Waals surface area contributed by atoms with Crippen molar-refractivity contribution in [2.24, 2.45) is 5.92 Å². The quantitative estimate of drug-likeness (QED) is 0.850. The third kappa shape index (κ3) is 2.98. The largest absolute Gasteiger partial charge is 0.481 e. The lowest BCUT2D eigenvalue weighted by molar-refractivity contribution is -0.142. The molecule has 0 radical (unpaired) electrons. The van der Waals surface area contributed by atoms with Crippen molar-refractivity contribution in [3.63, 3.8) is 0 Å². The molecule has 0 aromatic carbocycles. The molecule has 2 unspecified atom stereocenters. The van der Waals surface area contributed by atoms with Crippen molar-refractivity contribution >= 4 is 11.7 Å². The van der Waals surface area contributed by atoms with Gasteiger partial charge < -0.3 is 10.4 Å². The van der Waals surface area contributed by atoms with E-state index in [2.05, 4.69) is 10.3 Å². The zero-order chi connectivity index (χ0) is 13.0. The second-order valence-corrected chi connectivity index (χ2v) is 4.59. The maximum atomic E-state index is 11.0. The average molecular weight is 245 g/mol. The molecule has 0 spiro atoms. The average Bonchev–Trinajstić information content (AvgIpc) is 2.40. The van der Waals surface area contributed by atoms with Crippen molar-refractivity contribution in [3.05, 3.63) is 24.0 Å². The molecule has 2 rings (SSSR count). The lowest BCUT2D eigenvalue weighted by Crippen LogP contribution is -2.30. The molecule has 94 valence electrons. The summed E-state index contributed by atoms with van der Waals surface area (Å²) in [6.07, 6.45) is 4.93. The molecule has 0 amide bonds. The molecular weight excluding hydrogens is 230 g/mol. The number of hydrogen-bond acceptors (Lipinski definition) is 4. The van der Waals surface area contributed by atoms with Crippen LogP contribution in [0.3, 0.4) is 0 Å². The minimum absolute atomic E-state index is 0.176. The number of anilines is 1. The smallest absolute Gasteiger partial charge is 0.306 e. The lowest BCUT2D eigenvalue weighted by Gasteiger charge is -2.28. The van der Waals surface area contributed by atoms with Crippen LogP contribution in [0.5, 0.6) is 0 Å². The summed E-state index contributed by atoms with van der Waals surface area (Å²) in [5.74, 6) is -0.956. The molecular formula is C13H15N3O2. The first-order valence-electron chi connectivity index (χ1n) is 6.04. The van der Waals surface area contributed by atoms with Crippen LogP contribution in [-0.4, -0.2) is 22.1 Å². The van der Waals surface area contributed by atoms with E-state index in [0.717, 1.165) is 24.9 Å². The minimum atomic E-state index is -0.709. The summed E-state index contributed by atoms with van der Waals surface area (Å²) in [5.41, 5.74) is 1.22. The molecule has 2 atom stereocenters. The van der Waals surface area contributed by atoms with Crippen molar-refractivity contribution in [2.45, 2.75) is 31.7 Å². The fraction of sp³-hybridized carbons (Fsp3) is 0.462. The standard InChI is InChI=1S/C13H15N3O2/c14-7-11-4-5-12(8-15-11)16-10-3-1-2-9(6-10)13(17)18/h4-5,8-10,16H,1-3,6H2,(H,17,18). The number of carboxylic acids is 1. The fourth-order valence-corrected chi connectivity index (χ4v) is 2.33. The van der Waals surface area contributed by atoms with Gasteiger partial charge in [0.1, 0.15) is 11.8 Å². The van der Waals surface area contributed by atoms with Crippen LogP contribution in [0.25, 0.3) is 0 Å². The number of hydrogen-bond donors (Lipinski definition) is 2. The van der Waals surface area contributed by atoms with Gasteiger partial charge in [-0.1, -0.05) is 6.42 Å². The summed E-state index contributed by atoms with van der Waals surface area (Å²) in [7, 11) is 0. The highest BCUT2D eigenvalue weighted by atomic mass is 16.4. The zero-order valence-electron chi connectivity index (χ0n) is 9.97. The Balaban J connectivity index is 1.96. The predicted octanol–water partition coefficient (Wildman–Crippen LogP) is 2.01. The van der Waals surface area contributed by atoms with Crippen LogP contribution in [0.4, 0.5) is 5.69 Å². The maximum absolute atomic E-state index is 11.0. The Morgan fingerprint density at radius 2 is 2.33 bits per heavy atom. The molecule has 1 saturated carbocycles. The van der Waals surface area contributed by atoms with E-state index in [-0.39, 0.29) is 12.0 Å². The molecule has 1 fully saturated rings. The Morgan fingerprint density at radius 3 is 2.94 bits per heavy atom. The number of rotatable bonds is 3. The van der Waals surface area contributed by atoms with E-state index in [1.54, 1.807) is 18.3 Å². The highest BCUT2D eigenvalue weighted by Gasteiger charge is 2.26. The molecule has 1 aliphatic carbocycles. The molecule has 5 nitrogen and oxygen atoms in total. The van der Waals surface area contributed by atoms with Crippen LogP contribution in [0.1, 0.15) is 31.4 Å². The summed E-state index contributed by atoms with van der Waals surface area (Å²) >= 11 is 0. The Hall–Kier alpha value is -2.09. The molecule has 1 heterocycles. The number of carbonyl (C=O) groups is 1. The molecule has 1 aromatic rings. The van der Waals surface area contributed by atoms with Crippen molar-refractivity contribution < 1.29 is 9.90 Å². The molecule has 1 aromatic heterocycles. The Bertz CT molecular complexity index is 464. The normalized spacial score (nSPS) is 23.1. The first kappa shape index (κ1) is 12.4. The summed E-state index contributed by atoms with van der Waals surface area (Å²) in [6, 6.07) is 5.59. The van der Waals surface area contributed by atoms with Crippen LogP contribution in [0.2, 0.25) is 0 Å². The molecule has 18 heavy (non-hydrogen) atoms. The number of aliphatic carboxylic acids is 1. The molecule has 0 saturated heterocycles. The Morgan fingerprint density at radius 1 is 1.50 bits per heavy atom. The van der Waals surface area contributed by atoms with E-state index in [4.69, 9.17) is 10.4 Å². The van der Waals surface area contributed by atoms with E-state index in [1.165, 1.54) is 0 Å². The fourth-order valence-electron chi connectivity index (χ4n) is 2.33. The minimum Gasteiger partial charge on any atom is -0.481 e. The molecule has 0 bridgehead atoms. The number of pyridine rings is 1. The van der Waals surface area contributed by atoms with Gasteiger partial charge in [-0.15, -0.1) is 0 Å². The van der Waals surface area contributed by atoms with E-state index < -0.39 is 5.97 Å². The number of carboxylic acid groups (broad SMARTS) is 1. The first-order chi connectivity index (χ1) is 8.69. The van der Waals surface area contributed by atoms with E-state index in [1.807, 2.05) is 6.07 Å². The predicted molar refractivity (Wildman–Crippen MR) is 66.0 cm³/mol. The number of nitrogens with zero attached hydrogens (tertiary/aromatic N) is 2. The van der Waals surface area contributed by atoms with Crippen molar-refractivity contribution in [1.29, 1.82) is 5.26 Å². The second kappa shape index (κ2) is 5.50. The third-order valence-corrected chi connectivity index (χ3v) is 3.27. The Kier molecular flexibility index (Phi) is 3.78. The van der Waals surface area contributed by atoms with Gasteiger partial charge in [0.25, 0.3) is 0 Å². The maximum Gasteiger partial charge on any atom is 0.306 e. The second-order valence-electron chi connectivity index (χ2n) is 4.59. The van der Waals surface area contributed by atoms with E-state index >= 15 is 0 Å². The topological polar surface area (TPSA) is 86.0 Å². The molecule has 0 aliphatic heterocycles. The zero-order valence-corrected chi connectivity index (χ0v) is 9.97. The van der Waals surface area contributed by atoms with Crippen LogP contribution in [0.15, 0.2) is 18.3 Å². The number of nitrogens with one attached hydrogen (secondary N) is 1. The highest BCUT2D eigenvalue weighted by Crippen LogP contribution is 2.26. The lowest BCUT2D eigenvalue weighted by atomic mass is 9.86. The monoisotopic (exact) mass is 245 g/mol. The van der Waals surface area contributed by atoms with Gasteiger partial charge in [-0.3, -0.25) is 4.79 Å². The third-order valence-electron chi connectivity index (χ3n) is 3.27. The Labute approximate surface area is 105 Å². The molecule has 2 N–H and O–H groups in total. The van der Waals surface area contributed by atoms with Gasteiger partial charge >= 0.3 is 5.97 Å². The summed E-state index contributed by atoms with van der Waals surface area (Å²) < 4.78 is 0. The van der Waals surface area contributed by atoms with E-state index in [9.17, 15) is 4.79 Å². The number of aromatic nitrogens is 1. The molecule has 1 aliphatic rings. The van der Waals surface area contributed by atoms with Crippen LogP contribution >= 0.6 is 0 Å². The first-order valence-corrected chi connectivity index (χ1v) is 6.04. The van der Waals surface area contributed by atoms with Gasteiger partial charge in [0, 0.05) is 6.04 Å². The molecule has 5 heteroatoms. The highest BCUT2D eigenvalue weighted by molar-refractivity contribution is 5.70. The van der Waals surface area contributed by atoms with Crippen LogP contribution in [-0.2, 0) is 4.79 Å². The van der Waals surface area contributed by atoms with Gasteiger partial charge in [0.15, 0.2) is 0 Å². The van der Waals surface area contributed by atoms with E-state index in [0.29, 0.717) is 12.1 Å². The summed E-state index contributed by atoms with van der Waals surface area (Å²) in [4.78, 5) is 14.9. The van der Waals surface area contributed by atoms with Gasteiger partial charge in [-0.2, -0.15) is 5.26 Å². The summed E-state index contributed by atoms with van der Waals surface area (Å²) in [5, 5.41) is 20.9. The number of nitriles is 1. The van der Waals surface area contributed by atoms with Gasteiger partial charge in [0.2, 0.25) is 0 Å². The van der Waals surface area contributed by atoms with Crippen molar-refractivity contribution in [1.82, 2.24) is 4.98 Å². The SMILES string of the molecule is N#Cc1ccc(NC2CCCC(C(=O)O)C2)cn1. The van der Waals surface area contributed by atoms with Gasteiger partial charge in [-0.25, -0.2) is 4.98 Å². The van der Waals surface area contributed by atoms with Gasteiger partial charge in [-0.05, 0) is 31.4 Å². The van der Waals surface area contributed by atoms with Crippen molar-refractivity contribution in [2.75, 3.05) is 5.32 Å². The van der Waals surface area contributed by atoms with Crippen molar-refractivity contribution in [3.8, 4) is 6.07 Å². The summed E-state index contributed by atoms with van der Waals surface area (Å²) in [6.45, 7) is 0. The van der Waals surface area contributed by atoms with Crippen LogP contribution in [0, 0.1) is 17.2 Å². The van der Waals surface area contributed by atoms with Gasteiger partial charge in [0.05, 0.1) is 17.8 Å².